The van der Waals surface area contributed by atoms with Crippen molar-refractivity contribution in [3.8, 4) is 22.6 Å². The Kier molecular flexibility index (Phi) is 6.64. The van der Waals surface area contributed by atoms with Gasteiger partial charge in [0, 0.05) is 35.5 Å². The molecule has 6 aromatic rings. The zero-order valence-electron chi connectivity index (χ0n) is 27.5. The molecule has 10 rings (SSSR count). The van der Waals surface area contributed by atoms with Crippen LogP contribution in [0.1, 0.15) is 45.0 Å². The van der Waals surface area contributed by atoms with Gasteiger partial charge in [0.25, 0.3) is 0 Å². The second kappa shape index (κ2) is 11.5. The summed E-state index contributed by atoms with van der Waals surface area (Å²) in [6.07, 6.45) is 6.86. The number of fused-ring (bicyclic) bond motifs is 8. The molecule has 4 aliphatic rings. The number of hydrogen-bond donors (Lipinski definition) is 2. The Hall–Kier alpha value is -6.10. The predicted octanol–water partition coefficient (Wildman–Crippen LogP) is 9.78. The molecule has 0 amide bonds. The van der Waals surface area contributed by atoms with Crippen LogP contribution >= 0.6 is 0 Å². The SMILES string of the molecule is C1=CC2=C(NC1)C1(c3ccccc3Oc3ccccc31)c1cc(-c3cccc(CN4NC(c5ccccc5)=CC4c4ccccc4)c3)ccc12. The monoisotopic (exact) mass is 645 g/mol. The van der Waals surface area contributed by atoms with Gasteiger partial charge in [0.15, 0.2) is 0 Å². The number of benzene rings is 6. The van der Waals surface area contributed by atoms with E-state index >= 15 is 0 Å². The van der Waals surface area contributed by atoms with Crippen molar-refractivity contribution < 1.29 is 4.74 Å². The van der Waals surface area contributed by atoms with Crippen LogP contribution in [0.2, 0.25) is 0 Å². The number of para-hydroxylation sites is 2. The van der Waals surface area contributed by atoms with Gasteiger partial charge in [-0.15, -0.1) is 0 Å². The lowest BCUT2D eigenvalue weighted by atomic mass is 9.67. The summed E-state index contributed by atoms with van der Waals surface area (Å²) in [6, 6.07) is 54.6. The number of rotatable bonds is 5. The summed E-state index contributed by atoms with van der Waals surface area (Å²) in [6.45, 7) is 1.54. The minimum Gasteiger partial charge on any atom is -0.457 e. The van der Waals surface area contributed by atoms with Crippen LogP contribution in [0.3, 0.4) is 0 Å². The van der Waals surface area contributed by atoms with Gasteiger partial charge >= 0.3 is 0 Å². The van der Waals surface area contributed by atoms with Crippen LogP contribution < -0.4 is 15.5 Å². The molecule has 4 heteroatoms. The highest BCUT2D eigenvalue weighted by molar-refractivity contribution is 5.93. The molecule has 0 aromatic heterocycles. The largest absolute Gasteiger partial charge is 0.457 e. The number of dihydropyridines is 1. The van der Waals surface area contributed by atoms with Crippen molar-refractivity contribution in [3.05, 3.63) is 215 Å². The standard InChI is InChI=1S/C46H35N3O/c1-3-14-32(15-4-1)41-29-42(33-16-5-2-6-17-33)49(48-41)30-31-13-11-18-34(27-31)35-24-25-36-37-19-12-26-47-45(37)46(40(36)28-35)38-20-7-9-22-43(38)50-44-23-10-8-21-39(44)46/h1-25,27-29,42,47-48H,26,30H2. The second-order valence-electron chi connectivity index (χ2n) is 13.4. The van der Waals surface area contributed by atoms with Gasteiger partial charge in [0.05, 0.1) is 17.2 Å². The van der Waals surface area contributed by atoms with Crippen LogP contribution in [0.5, 0.6) is 11.5 Å². The molecular weight excluding hydrogens is 611 g/mol. The number of ether oxygens (including phenoxy) is 1. The fourth-order valence-electron chi connectivity index (χ4n) is 8.43. The van der Waals surface area contributed by atoms with Gasteiger partial charge in [-0.2, -0.15) is 0 Å². The lowest BCUT2D eigenvalue weighted by Gasteiger charge is -2.41. The highest BCUT2D eigenvalue weighted by atomic mass is 16.5. The maximum absolute atomic E-state index is 6.55. The van der Waals surface area contributed by atoms with Gasteiger partial charge in [-0.3, -0.25) is 0 Å². The molecule has 0 saturated heterocycles. The summed E-state index contributed by atoms with van der Waals surface area (Å²) in [5, 5.41) is 6.18. The third kappa shape index (κ3) is 4.42. The minimum absolute atomic E-state index is 0.113. The summed E-state index contributed by atoms with van der Waals surface area (Å²) < 4.78 is 6.55. The smallest absolute Gasteiger partial charge is 0.132 e. The summed E-state index contributed by atoms with van der Waals surface area (Å²) in [4.78, 5) is 0. The van der Waals surface area contributed by atoms with Crippen molar-refractivity contribution in [3.63, 3.8) is 0 Å². The van der Waals surface area contributed by atoms with Gasteiger partial charge in [0.1, 0.15) is 11.5 Å². The van der Waals surface area contributed by atoms with Crippen LogP contribution in [0.25, 0.3) is 22.4 Å². The fraction of sp³-hybridized carbons (Fsp3) is 0.0870. The van der Waals surface area contributed by atoms with Crippen LogP contribution in [-0.4, -0.2) is 11.6 Å². The minimum atomic E-state index is -0.504. The predicted molar refractivity (Wildman–Crippen MR) is 201 cm³/mol. The molecule has 1 atom stereocenters. The van der Waals surface area contributed by atoms with Gasteiger partial charge in [0.2, 0.25) is 0 Å². The van der Waals surface area contributed by atoms with Crippen molar-refractivity contribution >= 4 is 11.3 Å². The molecule has 0 radical (unpaired) electrons. The number of hydrazine groups is 1. The van der Waals surface area contributed by atoms with E-state index in [1.54, 1.807) is 0 Å². The van der Waals surface area contributed by atoms with Crippen LogP contribution in [-0.2, 0) is 12.0 Å². The van der Waals surface area contributed by atoms with Crippen LogP contribution in [0, 0.1) is 0 Å². The Labute approximate surface area is 292 Å². The number of nitrogens with one attached hydrogen (secondary N) is 2. The van der Waals surface area contributed by atoms with Gasteiger partial charge < -0.3 is 15.5 Å². The number of hydrogen-bond acceptors (Lipinski definition) is 4. The number of nitrogens with zero attached hydrogens (tertiary/aromatic N) is 1. The molecule has 0 fully saturated rings. The van der Waals surface area contributed by atoms with Gasteiger partial charge in [-0.1, -0.05) is 140 Å². The van der Waals surface area contributed by atoms with Crippen molar-refractivity contribution in [1.82, 2.24) is 15.8 Å². The summed E-state index contributed by atoms with van der Waals surface area (Å²) >= 11 is 0. The molecule has 0 bridgehead atoms. The quantitative estimate of drug-likeness (QED) is 0.196. The first-order valence-electron chi connectivity index (χ1n) is 17.4. The summed E-state index contributed by atoms with van der Waals surface area (Å²) in [7, 11) is 0. The lowest BCUT2D eigenvalue weighted by molar-refractivity contribution is 0.196. The molecular formula is C46H35N3O. The third-order valence-corrected chi connectivity index (χ3v) is 10.6. The van der Waals surface area contributed by atoms with Crippen molar-refractivity contribution in [2.45, 2.75) is 18.0 Å². The van der Waals surface area contributed by atoms with Crippen molar-refractivity contribution in [1.29, 1.82) is 0 Å². The molecule has 3 aliphatic heterocycles. The van der Waals surface area contributed by atoms with Crippen LogP contribution in [0.15, 0.2) is 176 Å². The van der Waals surface area contributed by atoms with E-state index in [2.05, 4.69) is 186 Å². The molecule has 240 valence electrons. The summed E-state index contributed by atoms with van der Waals surface area (Å²) in [5.74, 6) is 1.81. The molecule has 0 saturated carbocycles. The average Bonchev–Trinajstić information content (AvgIpc) is 3.73. The highest BCUT2D eigenvalue weighted by Crippen LogP contribution is 2.61. The second-order valence-corrected chi connectivity index (χ2v) is 13.4. The molecule has 1 unspecified atom stereocenters. The molecule has 3 heterocycles. The van der Waals surface area contributed by atoms with E-state index in [9.17, 15) is 0 Å². The maximum Gasteiger partial charge on any atom is 0.132 e. The lowest BCUT2D eigenvalue weighted by Crippen LogP contribution is -2.39. The maximum atomic E-state index is 6.55. The van der Waals surface area contributed by atoms with E-state index in [0.29, 0.717) is 0 Å². The average molecular weight is 646 g/mol. The molecule has 1 aliphatic carbocycles. The molecule has 1 spiro atoms. The van der Waals surface area contributed by atoms with E-state index in [1.165, 1.54) is 61.3 Å². The zero-order valence-corrected chi connectivity index (χ0v) is 27.5. The first-order chi connectivity index (χ1) is 24.8. The zero-order chi connectivity index (χ0) is 33.1. The van der Waals surface area contributed by atoms with E-state index in [-0.39, 0.29) is 6.04 Å². The fourth-order valence-corrected chi connectivity index (χ4v) is 8.43. The Morgan fingerprint density at radius 1 is 0.640 bits per heavy atom. The van der Waals surface area contributed by atoms with E-state index in [0.717, 1.165) is 30.3 Å². The number of allylic oxidation sites excluding steroid dienone is 3. The van der Waals surface area contributed by atoms with Crippen molar-refractivity contribution in [2.75, 3.05) is 6.54 Å². The van der Waals surface area contributed by atoms with Crippen molar-refractivity contribution in [2.24, 2.45) is 0 Å². The van der Waals surface area contributed by atoms with Gasteiger partial charge in [-0.25, -0.2) is 5.01 Å². The van der Waals surface area contributed by atoms with Crippen LogP contribution in [0.4, 0.5) is 0 Å². The molecule has 4 nitrogen and oxygen atoms in total. The van der Waals surface area contributed by atoms with Gasteiger partial charge in [-0.05, 0) is 69.3 Å². The topological polar surface area (TPSA) is 36.5 Å². The van der Waals surface area contributed by atoms with E-state index in [4.69, 9.17) is 4.74 Å². The normalized spacial score (nSPS) is 17.9. The Morgan fingerprint density at radius 2 is 1.32 bits per heavy atom. The first-order valence-corrected chi connectivity index (χ1v) is 17.4. The highest BCUT2D eigenvalue weighted by Gasteiger charge is 2.52. The van der Waals surface area contributed by atoms with E-state index < -0.39 is 5.41 Å². The molecule has 6 aromatic carbocycles. The third-order valence-electron chi connectivity index (χ3n) is 10.6. The Morgan fingerprint density at radius 3 is 2.10 bits per heavy atom. The Bertz CT molecular complexity index is 2330. The summed E-state index contributed by atoms with van der Waals surface area (Å²) in [5.41, 5.74) is 17.9. The molecule has 2 N–H and O–H groups in total. The molecule has 50 heavy (non-hydrogen) atoms. The van der Waals surface area contributed by atoms with E-state index in [1.807, 2.05) is 0 Å². The first kappa shape index (κ1) is 28.9. The Balaban J connectivity index is 1.06.